The molecule has 1 aliphatic heterocycles. The number of rotatable bonds is 9. The third-order valence-corrected chi connectivity index (χ3v) is 5.18. The number of hydrogen-bond donors (Lipinski definition) is 3. The Balaban J connectivity index is 1.84. The molecular formula is C22H34N4O3. The van der Waals surface area contributed by atoms with Crippen molar-refractivity contribution in [1.82, 2.24) is 15.5 Å². The van der Waals surface area contributed by atoms with Gasteiger partial charge in [-0.2, -0.15) is 0 Å². The van der Waals surface area contributed by atoms with Crippen molar-refractivity contribution in [3.8, 4) is 0 Å². The zero-order valence-electron chi connectivity index (χ0n) is 17.7. The van der Waals surface area contributed by atoms with Gasteiger partial charge < -0.3 is 21.3 Å². The minimum absolute atomic E-state index is 0.123. The van der Waals surface area contributed by atoms with Crippen molar-refractivity contribution in [2.75, 3.05) is 13.1 Å². The number of amides is 3. The number of carbonyl (C=O) groups excluding carboxylic acids is 3. The number of aryl methyl sites for hydroxylation is 1. The summed E-state index contributed by atoms with van der Waals surface area (Å²) in [6, 6.07) is 7.96. The predicted molar refractivity (Wildman–Crippen MR) is 113 cm³/mol. The van der Waals surface area contributed by atoms with Crippen LogP contribution in [0, 0.1) is 5.92 Å². The molecule has 0 saturated carbocycles. The highest BCUT2D eigenvalue weighted by atomic mass is 16.2. The maximum absolute atomic E-state index is 12.8. The first kappa shape index (κ1) is 22.9. The van der Waals surface area contributed by atoms with E-state index in [9.17, 15) is 14.4 Å². The average Bonchev–Trinajstić information content (AvgIpc) is 3.20. The molecule has 1 aromatic rings. The monoisotopic (exact) mass is 402 g/mol. The third-order valence-electron chi connectivity index (χ3n) is 5.18. The molecule has 2 rings (SSSR count). The van der Waals surface area contributed by atoms with Gasteiger partial charge >= 0.3 is 0 Å². The fraction of sp³-hybridized carbons (Fsp3) is 0.591. The average molecular weight is 403 g/mol. The number of carbonyl (C=O) groups is 3. The Morgan fingerprint density at radius 1 is 1.17 bits per heavy atom. The van der Waals surface area contributed by atoms with Crippen LogP contribution in [0.5, 0.6) is 0 Å². The number of likely N-dealkylation sites (tertiary alicyclic amines) is 1. The molecule has 1 aliphatic rings. The van der Waals surface area contributed by atoms with Gasteiger partial charge in [-0.25, -0.2) is 0 Å². The summed E-state index contributed by atoms with van der Waals surface area (Å²) in [6.07, 6.45) is 2.62. The van der Waals surface area contributed by atoms with Crippen molar-refractivity contribution < 1.29 is 14.4 Å². The van der Waals surface area contributed by atoms with Crippen LogP contribution in [0.25, 0.3) is 0 Å². The SMILES string of the molecule is CC(C)CNC(=O)[C@@H]1CCCN1C(=O)[C@H](C)NC(=O)[C@@H](N)CCc1ccccc1. The fourth-order valence-corrected chi connectivity index (χ4v) is 3.45. The van der Waals surface area contributed by atoms with Gasteiger partial charge in [0.05, 0.1) is 6.04 Å². The summed E-state index contributed by atoms with van der Waals surface area (Å²) in [5, 5.41) is 5.61. The molecule has 0 aromatic heterocycles. The topological polar surface area (TPSA) is 105 Å². The minimum Gasteiger partial charge on any atom is -0.354 e. The van der Waals surface area contributed by atoms with E-state index >= 15 is 0 Å². The number of nitrogens with zero attached hydrogens (tertiary/aromatic N) is 1. The van der Waals surface area contributed by atoms with Gasteiger partial charge in [-0.05, 0) is 44.1 Å². The Bertz CT molecular complexity index is 693. The second kappa shape index (κ2) is 11.0. The number of hydrogen-bond acceptors (Lipinski definition) is 4. The van der Waals surface area contributed by atoms with Gasteiger partial charge in [-0.15, -0.1) is 0 Å². The molecule has 29 heavy (non-hydrogen) atoms. The van der Waals surface area contributed by atoms with Gasteiger partial charge in [0.15, 0.2) is 0 Å². The van der Waals surface area contributed by atoms with Gasteiger partial charge in [0.2, 0.25) is 17.7 Å². The maximum Gasteiger partial charge on any atom is 0.245 e. The fourth-order valence-electron chi connectivity index (χ4n) is 3.45. The lowest BCUT2D eigenvalue weighted by Gasteiger charge is -2.28. The summed E-state index contributed by atoms with van der Waals surface area (Å²) < 4.78 is 0. The Hall–Kier alpha value is -2.41. The first-order valence-electron chi connectivity index (χ1n) is 10.5. The van der Waals surface area contributed by atoms with E-state index < -0.39 is 18.1 Å². The van der Waals surface area contributed by atoms with E-state index in [1.807, 2.05) is 44.2 Å². The van der Waals surface area contributed by atoms with E-state index in [1.54, 1.807) is 11.8 Å². The lowest BCUT2D eigenvalue weighted by molar-refractivity contribution is -0.141. The van der Waals surface area contributed by atoms with E-state index in [2.05, 4.69) is 10.6 Å². The smallest absolute Gasteiger partial charge is 0.245 e. The predicted octanol–water partition coefficient (Wildman–Crippen LogP) is 1.21. The zero-order valence-corrected chi connectivity index (χ0v) is 17.7. The highest BCUT2D eigenvalue weighted by Gasteiger charge is 2.36. The van der Waals surface area contributed by atoms with Gasteiger partial charge in [-0.3, -0.25) is 14.4 Å². The van der Waals surface area contributed by atoms with Gasteiger partial charge in [-0.1, -0.05) is 44.2 Å². The molecule has 0 unspecified atom stereocenters. The van der Waals surface area contributed by atoms with Crippen molar-refractivity contribution in [2.24, 2.45) is 11.7 Å². The van der Waals surface area contributed by atoms with Crippen molar-refractivity contribution >= 4 is 17.7 Å². The van der Waals surface area contributed by atoms with Crippen LogP contribution >= 0.6 is 0 Å². The Morgan fingerprint density at radius 3 is 2.52 bits per heavy atom. The summed E-state index contributed by atoms with van der Waals surface area (Å²) in [7, 11) is 0. The largest absolute Gasteiger partial charge is 0.354 e. The molecule has 160 valence electrons. The van der Waals surface area contributed by atoms with Crippen molar-refractivity contribution in [3.05, 3.63) is 35.9 Å². The van der Waals surface area contributed by atoms with Crippen LogP contribution in [-0.2, 0) is 20.8 Å². The highest BCUT2D eigenvalue weighted by Crippen LogP contribution is 2.18. The minimum atomic E-state index is -0.719. The van der Waals surface area contributed by atoms with Gasteiger partial charge in [0.25, 0.3) is 0 Å². The van der Waals surface area contributed by atoms with Crippen LogP contribution in [0.4, 0.5) is 0 Å². The second-order valence-corrected chi connectivity index (χ2v) is 8.19. The third kappa shape index (κ3) is 6.85. The maximum atomic E-state index is 12.8. The molecule has 1 aromatic carbocycles. The summed E-state index contributed by atoms with van der Waals surface area (Å²) in [6.45, 7) is 6.80. The van der Waals surface area contributed by atoms with Crippen LogP contribution in [-0.4, -0.2) is 53.8 Å². The van der Waals surface area contributed by atoms with Crippen molar-refractivity contribution in [2.45, 2.75) is 64.6 Å². The Morgan fingerprint density at radius 2 is 1.86 bits per heavy atom. The van der Waals surface area contributed by atoms with E-state index in [-0.39, 0.29) is 17.7 Å². The molecule has 0 spiro atoms. The number of nitrogens with one attached hydrogen (secondary N) is 2. The van der Waals surface area contributed by atoms with Crippen LogP contribution in [0.3, 0.4) is 0 Å². The number of nitrogens with two attached hydrogens (primary N) is 1. The van der Waals surface area contributed by atoms with E-state index in [1.165, 1.54) is 0 Å². The van der Waals surface area contributed by atoms with Crippen molar-refractivity contribution in [1.29, 1.82) is 0 Å². The zero-order chi connectivity index (χ0) is 21.4. The van der Waals surface area contributed by atoms with Crippen LogP contribution in [0.2, 0.25) is 0 Å². The first-order chi connectivity index (χ1) is 13.8. The van der Waals surface area contributed by atoms with E-state index in [0.29, 0.717) is 38.3 Å². The molecule has 4 N–H and O–H groups in total. The molecule has 0 radical (unpaired) electrons. The molecule has 0 aliphatic carbocycles. The van der Waals surface area contributed by atoms with E-state index in [0.717, 1.165) is 12.0 Å². The van der Waals surface area contributed by atoms with Gasteiger partial charge in [0, 0.05) is 13.1 Å². The lowest BCUT2D eigenvalue weighted by atomic mass is 10.1. The van der Waals surface area contributed by atoms with Crippen LogP contribution in [0.15, 0.2) is 30.3 Å². The molecule has 1 saturated heterocycles. The summed E-state index contributed by atoms with van der Waals surface area (Å²) in [5.41, 5.74) is 7.13. The standard InChI is InChI=1S/C22H34N4O3/c1-15(2)14-24-21(28)19-10-7-13-26(19)22(29)16(3)25-20(27)18(23)12-11-17-8-5-4-6-9-17/h4-6,8-9,15-16,18-19H,7,10-14,23H2,1-3H3,(H,24,28)(H,25,27)/t16-,18-,19-/m0/s1. The molecule has 0 bridgehead atoms. The lowest BCUT2D eigenvalue weighted by Crippen LogP contribution is -2.54. The normalized spacial score (nSPS) is 18.4. The van der Waals surface area contributed by atoms with Gasteiger partial charge in [0.1, 0.15) is 12.1 Å². The van der Waals surface area contributed by atoms with Crippen LogP contribution < -0.4 is 16.4 Å². The molecule has 3 atom stereocenters. The van der Waals surface area contributed by atoms with Crippen LogP contribution in [0.1, 0.15) is 45.6 Å². The molecular weight excluding hydrogens is 368 g/mol. The van der Waals surface area contributed by atoms with E-state index in [4.69, 9.17) is 5.73 Å². The van der Waals surface area contributed by atoms with Crippen molar-refractivity contribution in [3.63, 3.8) is 0 Å². The Labute approximate surface area is 173 Å². The first-order valence-corrected chi connectivity index (χ1v) is 10.5. The molecule has 3 amide bonds. The quantitative estimate of drug-likeness (QED) is 0.577. The molecule has 1 fully saturated rings. The molecule has 7 nitrogen and oxygen atoms in total. The number of benzene rings is 1. The molecule has 7 heteroatoms. The summed E-state index contributed by atoms with van der Waals surface area (Å²) >= 11 is 0. The summed E-state index contributed by atoms with van der Waals surface area (Å²) in [5.74, 6) is -0.361. The summed E-state index contributed by atoms with van der Waals surface area (Å²) in [4.78, 5) is 39.2. The Kier molecular flexibility index (Phi) is 8.64. The second-order valence-electron chi connectivity index (χ2n) is 8.19. The highest BCUT2D eigenvalue weighted by molar-refractivity contribution is 5.93. The molecule has 1 heterocycles.